The van der Waals surface area contributed by atoms with Gasteiger partial charge >= 0.3 is 0 Å². The first-order valence-corrected chi connectivity index (χ1v) is 8.83. The van der Waals surface area contributed by atoms with Crippen LogP contribution in [0.5, 0.6) is 0 Å². The smallest absolute Gasteiger partial charge is 0.170 e. The summed E-state index contributed by atoms with van der Waals surface area (Å²) in [6.07, 6.45) is 0. The lowest BCUT2D eigenvalue weighted by Crippen LogP contribution is -2.30. The van der Waals surface area contributed by atoms with Crippen LogP contribution < -0.4 is 10.6 Å². The van der Waals surface area contributed by atoms with Gasteiger partial charge in [-0.15, -0.1) is 11.8 Å². The molecule has 0 aliphatic heterocycles. The molecule has 2 rings (SSSR count). The van der Waals surface area contributed by atoms with E-state index in [-0.39, 0.29) is 0 Å². The number of hydrogen-bond donors (Lipinski definition) is 2. The molecule has 2 aromatic rings. The number of thioether (sulfide) groups is 1. The zero-order chi connectivity index (χ0) is 15.9. The second-order valence-electron chi connectivity index (χ2n) is 4.98. The number of aryl methyl sites for hydroxylation is 2. The lowest BCUT2D eigenvalue weighted by molar-refractivity contribution is 0.989. The Morgan fingerprint density at radius 2 is 1.91 bits per heavy atom. The van der Waals surface area contributed by atoms with Gasteiger partial charge in [0.15, 0.2) is 5.11 Å². The molecule has 0 aromatic heterocycles. The Kier molecular flexibility index (Phi) is 6.55. The van der Waals surface area contributed by atoms with E-state index in [2.05, 4.69) is 28.8 Å². The van der Waals surface area contributed by atoms with Crippen LogP contribution in [-0.4, -0.2) is 17.4 Å². The highest BCUT2D eigenvalue weighted by molar-refractivity contribution is 7.99. The van der Waals surface area contributed by atoms with Gasteiger partial charge in [0.2, 0.25) is 0 Å². The predicted molar refractivity (Wildman–Crippen MR) is 102 cm³/mol. The van der Waals surface area contributed by atoms with Gasteiger partial charge in [0.05, 0.1) is 10.7 Å². The van der Waals surface area contributed by atoms with Crippen LogP contribution in [0.4, 0.5) is 5.69 Å². The minimum atomic E-state index is 0.600. The van der Waals surface area contributed by atoms with E-state index >= 15 is 0 Å². The minimum absolute atomic E-state index is 0.600. The molecule has 0 aliphatic carbocycles. The normalized spacial score (nSPS) is 10.3. The molecule has 0 aliphatic rings. The van der Waals surface area contributed by atoms with E-state index in [9.17, 15) is 0 Å². The Bertz CT molecular complexity index is 621. The minimum Gasteiger partial charge on any atom is -0.362 e. The SMILES string of the molecule is Cc1cc(C)c(NC(=S)NCCSc2ccccc2)c(Cl)c1. The van der Waals surface area contributed by atoms with E-state index in [0.717, 1.165) is 29.1 Å². The highest BCUT2D eigenvalue weighted by atomic mass is 35.5. The molecule has 116 valence electrons. The second kappa shape index (κ2) is 8.42. The maximum Gasteiger partial charge on any atom is 0.170 e. The Morgan fingerprint density at radius 1 is 1.18 bits per heavy atom. The molecule has 0 radical (unpaired) electrons. The molecule has 0 saturated heterocycles. The summed E-state index contributed by atoms with van der Waals surface area (Å²) in [5.74, 6) is 0.951. The van der Waals surface area contributed by atoms with Crippen molar-refractivity contribution < 1.29 is 0 Å². The topological polar surface area (TPSA) is 24.1 Å². The standard InChI is InChI=1S/C17H19ClN2S2/c1-12-10-13(2)16(15(18)11-12)20-17(21)19-8-9-22-14-6-4-3-5-7-14/h3-7,10-11H,8-9H2,1-2H3,(H2,19,20,21). The van der Waals surface area contributed by atoms with E-state index in [1.165, 1.54) is 4.90 Å². The monoisotopic (exact) mass is 350 g/mol. The number of benzene rings is 2. The van der Waals surface area contributed by atoms with Gasteiger partial charge in [-0.1, -0.05) is 35.9 Å². The van der Waals surface area contributed by atoms with Crippen LogP contribution in [0.1, 0.15) is 11.1 Å². The first-order valence-electron chi connectivity index (χ1n) is 7.05. The molecule has 0 unspecified atom stereocenters. The predicted octanol–water partition coefficient (Wildman–Crippen LogP) is 5.04. The summed E-state index contributed by atoms with van der Waals surface area (Å²) in [5, 5.41) is 7.69. The fourth-order valence-electron chi connectivity index (χ4n) is 2.08. The van der Waals surface area contributed by atoms with Crippen molar-refractivity contribution in [1.29, 1.82) is 0 Å². The van der Waals surface area contributed by atoms with Crippen molar-refractivity contribution in [3.05, 3.63) is 58.6 Å². The van der Waals surface area contributed by atoms with Crippen LogP contribution in [0, 0.1) is 13.8 Å². The van der Waals surface area contributed by atoms with Crippen molar-refractivity contribution in [2.75, 3.05) is 17.6 Å². The molecule has 2 N–H and O–H groups in total. The molecule has 0 atom stereocenters. The first-order chi connectivity index (χ1) is 10.6. The second-order valence-corrected chi connectivity index (χ2v) is 6.96. The van der Waals surface area contributed by atoms with Gasteiger partial charge in [-0.05, 0) is 55.4 Å². The fourth-order valence-corrected chi connectivity index (χ4v) is 3.44. The lowest BCUT2D eigenvalue weighted by atomic mass is 10.1. The highest BCUT2D eigenvalue weighted by Gasteiger charge is 2.07. The molecule has 0 spiro atoms. The average Bonchev–Trinajstić information content (AvgIpc) is 2.48. The molecule has 0 fully saturated rings. The van der Waals surface area contributed by atoms with Crippen molar-refractivity contribution in [2.45, 2.75) is 18.7 Å². The van der Waals surface area contributed by atoms with E-state index < -0.39 is 0 Å². The number of halogens is 1. The third-order valence-corrected chi connectivity index (χ3v) is 4.63. The summed E-state index contributed by atoms with van der Waals surface area (Å²) < 4.78 is 0. The maximum atomic E-state index is 6.27. The van der Waals surface area contributed by atoms with Crippen molar-refractivity contribution in [3.8, 4) is 0 Å². The van der Waals surface area contributed by atoms with Gasteiger partial charge in [-0.3, -0.25) is 0 Å². The van der Waals surface area contributed by atoms with E-state index in [4.69, 9.17) is 23.8 Å². The van der Waals surface area contributed by atoms with Gasteiger partial charge in [0.1, 0.15) is 0 Å². The Hall–Kier alpha value is -1.23. The van der Waals surface area contributed by atoms with Crippen molar-refractivity contribution >= 4 is 46.4 Å². The van der Waals surface area contributed by atoms with Crippen LogP contribution in [0.15, 0.2) is 47.4 Å². The Labute approximate surface area is 146 Å². The molecular formula is C17H19ClN2S2. The first kappa shape index (κ1) is 17.1. The summed E-state index contributed by atoms with van der Waals surface area (Å²) in [7, 11) is 0. The molecule has 0 saturated carbocycles. The summed E-state index contributed by atoms with van der Waals surface area (Å²) in [4.78, 5) is 1.26. The summed E-state index contributed by atoms with van der Waals surface area (Å²) >= 11 is 13.4. The third kappa shape index (κ3) is 5.20. The summed E-state index contributed by atoms with van der Waals surface area (Å²) in [5.41, 5.74) is 3.11. The van der Waals surface area contributed by atoms with Gasteiger partial charge in [0, 0.05) is 17.2 Å². The van der Waals surface area contributed by atoms with Crippen molar-refractivity contribution in [2.24, 2.45) is 0 Å². The molecule has 2 nitrogen and oxygen atoms in total. The Morgan fingerprint density at radius 3 is 2.59 bits per heavy atom. The summed E-state index contributed by atoms with van der Waals surface area (Å²) in [6, 6.07) is 14.4. The van der Waals surface area contributed by atoms with Gasteiger partial charge in [0.25, 0.3) is 0 Å². The largest absolute Gasteiger partial charge is 0.362 e. The van der Waals surface area contributed by atoms with Crippen LogP contribution in [0.25, 0.3) is 0 Å². The van der Waals surface area contributed by atoms with Gasteiger partial charge in [-0.25, -0.2) is 0 Å². The number of hydrogen-bond acceptors (Lipinski definition) is 2. The third-order valence-electron chi connectivity index (χ3n) is 3.07. The van der Waals surface area contributed by atoms with E-state index in [1.807, 2.05) is 38.1 Å². The highest BCUT2D eigenvalue weighted by Crippen LogP contribution is 2.27. The number of anilines is 1. The molecule has 5 heteroatoms. The molecule has 2 aromatic carbocycles. The van der Waals surface area contributed by atoms with E-state index in [1.54, 1.807) is 11.8 Å². The molecule has 0 bridgehead atoms. The number of thiocarbonyl (C=S) groups is 1. The maximum absolute atomic E-state index is 6.27. The summed E-state index contributed by atoms with van der Waals surface area (Å²) in [6.45, 7) is 4.85. The lowest BCUT2D eigenvalue weighted by Gasteiger charge is -2.14. The van der Waals surface area contributed by atoms with Crippen molar-refractivity contribution in [3.63, 3.8) is 0 Å². The van der Waals surface area contributed by atoms with Crippen LogP contribution in [0.3, 0.4) is 0 Å². The van der Waals surface area contributed by atoms with Crippen LogP contribution >= 0.6 is 35.6 Å². The van der Waals surface area contributed by atoms with E-state index in [0.29, 0.717) is 10.1 Å². The van der Waals surface area contributed by atoms with Gasteiger partial charge < -0.3 is 10.6 Å². The molecular weight excluding hydrogens is 332 g/mol. The number of nitrogens with one attached hydrogen (secondary N) is 2. The quantitative estimate of drug-likeness (QED) is 0.448. The molecule has 0 amide bonds. The van der Waals surface area contributed by atoms with Crippen LogP contribution in [-0.2, 0) is 0 Å². The average molecular weight is 351 g/mol. The zero-order valence-corrected chi connectivity index (χ0v) is 15.0. The number of rotatable bonds is 5. The van der Waals surface area contributed by atoms with Crippen molar-refractivity contribution in [1.82, 2.24) is 5.32 Å². The van der Waals surface area contributed by atoms with Crippen LogP contribution in [0.2, 0.25) is 5.02 Å². The molecule has 0 heterocycles. The fraction of sp³-hybridized carbons (Fsp3) is 0.235. The molecule has 22 heavy (non-hydrogen) atoms. The van der Waals surface area contributed by atoms with Gasteiger partial charge in [-0.2, -0.15) is 0 Å². The Balaban J connectivity index is 1.79. The zero-order valence-electron chi connectivity index (χ0n) is 12.7.